The van der Waals surface area contributed by atoms with Gasteiger partial charge in [0.15, 0.2) is 5.79 Å². The van der Waals surface area contributed by atoms with Crippen molar-refractivity contribution in [3.63, 3.8) is 0 Å². The number of carbonyl (C=O) groups excluding carboxylic acids is 1. The lowest BCUT2D eigenvalue weighted by Gasteiger charge is -2.35. The van der Waals surface area contributed by atoms with Gasteiger partial charge in [-0.1, -0.05) is 36.2 Å². The Labute approximate surface area is 130 Å². The molecule has 2 rings (SSSR count). The highest BCUT2D eigenvalue weighted by atomic mass is 35.5. The largest absolute Gasteiger partial charge is 0.469 e. The van der Waals surface area contributed by atoms with Crippen molar-refractivity contribution in [3.8, 4) is 0 Å². The zero-order valence-corrected chi connectivity index (χ0v) is 12.9. The van der Waals surface area contributed by atoms with Crippen molar-refractivity contribution in [2.45, 2.75) is 50.4 Å². The predicted octanol–water partition coefficient (Wildman–Crippen LogP) is 3.61. The molecule has 1 aromatic carbocycles. The zero-order chi connectivity index (χ0) is 15.3. The highest BCUT2D eigenvalue weighted by molar-refractivity contribution is 6.31. The Balaban J connectivity index is 2.19. The first-order valence-corrected chi connectivity index (χ1v) is 7.63. The smallest absolute Gasteiger partial charge is 0.308 e. The van der Waals surface area contributed by atoms with Gasteiger partial charge in [-0.05, 0) is 18.9 Å². The van der Waals surface area contributed by atoms with Gasteiger partial charge in [0, 0.05) is 23.4 Å². The van der Waals surface area contributed by atoms with Crippen LogP contribution in [-0.4, -0.2) is 24.0 Å². The minimum atomic E-state index is -1.18. The van der Waals surface area contributed by atoms with E-state index in [1.165, 1.54) is 7.11 Å². The van der Waals surface area contributed by atoms with Crippen LogP contribution < -0.4 is 0 Å². The van der Waals surface area contributed by atoms with Crippen molar-refractivity contribution < 1.29 is 19.4 Å². The minimum absolute atomic E-state index is 0.0303. The number of carbonyl (C=O) groups is 1. The number of hydrogen-bond donors (Lipinski definition) is 1. The van der Waals surface area contributed by atoms with Gasteiger partial charge in [0.05, 0.1) is 19.6 Å². The van der Waals surface area contributed by atoms with Crippen LogP contribution in [0.2, 0.25) is 5.02 Å². The summed E-state index contributed by atoms with van der Waals surface area (Å²) in [5.74, 6) is -1.57. The van der Waals surface area contributed by atoms with E-state index in [0.717, 1.165) is 19.3 Å². The van der Waals surface area contributed by atoms with E-state index in [0.29, 0.717) is 23.4 Å². The van der Waals surface area contributed by atoms with Gasteiger partial charge in [-0.2, -0.15) is 0 Å². The maximum Gasteiger partial charge on any atom is 0.308 e. The number of rotatable bonds is 5. The summed E-state index contributed by atoms with van der Waals surface area (Å²) in [5.41, 5.74) is 0.698. The lowest BCUT2D eigenvalue weighted by Crippen LogP contribution is -2.36. The Kier molecular flexibility index (Phi) is 5.62. The summed E-state index contributed by atoms with van der Waals surface area (Å²) in [6.45, 7) is 0. The fourth-order valence-corrected chi connectivity index (χ4v) is 2.93. The Bertz CT molecular complexity index is 483. The van der Waals surface area contributed by atoms with Crippen LogP contribution in [0, 0.1) is 0 Å². The van der Waals surface area contributed by atoms with Gasteiger partial charge in [-0.15, -0.1) is 0 Å². The molecule has 21 heavy (non-hydrogen) atoms. The fourth-order valence-electron chi connectivity index (χ4n) is 2.67. The van der Waals surface area contributed by atoms with Crippen LogP contribution in [0.4, 0.5) is 0 Å². The SMILES string of the molecule is COC(=O)CC(OC1(O)CCCCC1)c1ccccc1Cl. The van der Waals surface area contributed by atoms with Crippen LogP contribution in [0.15, 0.2) is 24.3 Å². The molecule has 1 atom stereocenters. The van der Waals surface area contributed by atoms with E-state index in [1.807, 2.05) is 18.2 Å². The van der Waals surface area contributed by atoms with Crippen LogP contribution >= 0.6 is 11.6 Å². The summed E-state index contributed by atoms with van der Waals surface area (Å²) in [6.07, 6.45) is 3.52. The molecule has 116 valence electrons. The topological polar surface area (TPSA) is 55.8 Å². The molecule has 0 spiro atoms. The Morgan fingerprint density at radius 1 is 1.33 bits per heavy atom. The van der Waals surface area contributed by atoms with Gasteiger partial charge >= 0.3 is 5.97 Å². The molecular weight excluding hydrogens is 292 g/mol. The third kappa shape index (κ3) is 4.43. The summed E-state index contributed by atoms with van der Waals surface area (Å²) in [6, 6.07) is 7.20. The first-order valence-electron chi connectivity index (χ1n) is 7.25. The third-order valence-electron chi connectivity index (χ3n) is 3.83. The Morgan fingerprint density at radius 2 is 2.00 bits per heavy atom. The fraction of sp³-hybridized carbons (Fsp3) is 0.562. The highest BCUT2D eigenvalue weighted by Crippen LogP contribution is 2.37. The van der Waals surface area contributed by atoms with E-state index in [4.69, 9.17) is 21.1 Å². The van der Waals surface area contributed by atoms with E-state index < -0.39 is 11.9 Å². The van der Waals surface area contributed by atoms with Crippen LogP contribution in [-0.2, 0) is 14.3 Å². The normalized spacial score (nSPS) is 19.0. The average Bonchev–Trinajstić information content (AvgIpc) is 2.47. The van der Waals surface area contributed by atoms with Crippen LogP contribution in [0.3, 0.4) is 0 Å². The number of esters is 1. The summed E-state index contributed by atoms with van der Waals surface area (Å²) in [5, 5.41) is 11.1. The Morgan fingerprint density at radius 3 is 2.62 bits per heavy atom. The van der Waals surface area contributed by atoms with E-state index in [1.54, 1.807) is 6.07 Å². The quantitative estimate of drug-likeness (QED) is 0.666. The number of methoxy groups -OCH3 is 1. The van der Waals surface area contributed by atoms with Crippen molar-refractivity contribution in [1.82, 2.24) is 0 Å². The lowest BCUT2D eigenvalue weighted by atomic mass is 9.93. The van der Waals surface area contributed by atoms with Crippen molar-refractivity contribution in [2.24, 2.45) is 0 Å². The summed E-state index contributed by atoms with van der Waals surface area (Å²) in [4.78, 5) is 11.6. The molecule has 5 heteroatoms. The molecule has 0 bridgehead atoms. The number of halogens is 1. The van der Waals surface area contributed by atoms with Gasteiger partial charge in [0.25, 0.3) is 0 Å². The maximum atomic E-state index is 11.6. The van der Waals surface area contributed by atoms with E-state index in [9.17, 15) is 9.90 Å². The molecule has 1 aliphatic carbocycles. The van der Waals surface area contributed by atoms with Gasteiger partial charge in [0.1, 0.15) is 0 Å². The molecule has 1 saturated carbocycles. The van der Waals surface area contributed by atoms with Crippen LogP contribution in [0.1, 0.15) is 50.2 Å². The van der Waals surface area contributed by atoms with Gasteiger partial charge in [-0.3, -0.25) is 4.79 Å². The first kappa shape index (κ1) is 16.3. The van der Waals surface area contributed by atoms with Crippen molar-refractivity contribution in [3.05, 3.63) is 34.9 Å². The summed E-state index contributed by atoms with van der Waals surface area (Å²) >= 11 is 6.19. The molecule has 0 aliphatic heterocycles. The molecule has 0 amide bonds. The van der Waals surface area contributed by atoms with E-state index in [-0.39, 0.29) is 12.4 Å². The number of aliphatic hydroxyl groups is 1. The number of hydrogen-bond acceptors (Lipinski definition) is 4. The minimum Gasteiger partial charge on any atom is -0.469 e. The second-order valence-corrected chi connectivity index (χ2v) is 5.82. The average molecular weight is 313 g/mol. The molecule has 1 N–H and O–H groups in total. The molecule has 0 saturated heterocycles. The summed E-state index contributed by atoms with van der Waals surface area (Å²) in [7, 11) is 1.33. The second kappa shape index (κ2) is 7.25. The first-order chi connectivity index (χ1) is 10.0. The molecule has 0 aromatic heterocycles. The zero-order valence-electron chi connectivity index (χ0n) is 12.2. The van der Waals surface area contributed by atoms with Crippen LogP contribution in [0.5, 0.6) is 0 Å². The standard InChI is InChI=1S/C16H21ClO4/c1-20-15(18)11-14(12-7-3-4-8-13(12)17)21-16(19)9-5-2-6-10-16/h3-4,7-8,14,19H,2,5-6,9-11H2,1H3. The third-order valence-corrected chi connectivity index (χ3v) is 4.17. The lowest BCUT2D eigenvalue weighted by molar-refractivity contribution is -0.248. The molecule has 1 aromatic rings. The molecule has 1 unspecified atom stereocenters. The van der Waals surface area contributed by atoms with E-state index in [2.05, 4.69) is 0 Å². The van der Waals surface area contributed by atoms with Gasteiger partial charge in [0.2, 0.25) is 0 Å². The van der Waals surface area contributed by atoms with Gasteiger partial charge < -0.3 is 14.6 Å². The van der Waals surface area contributed by atoms with Crippen molar-refractivity contribution >= 4 is 17.6 Å². The monoisotopic (exact) mass is 312 g/mol. The Hall–Kier alpha value is -1.10. The van der Waals surface area contributed by atoms with E-state index >= 15 is 0 Å². The highest BCUT2D eigenvalue weighted by Gasteiger charge is 2.35. The van der Waals surface area contributed by atoms with Crippen molar-refractivity contribution in [2.75, 3.05) is 7.11 Å². The maximum absolute atomic E-state index is 11.6. The number of benzene rings is 1. The second-order valence-electron chi connectivity index (χ2n) is 5.42. The molecule has 0 radical (unpaired) electrons. The molecule has 4 nitrogen and oxygen atoms in total. The molecular formula is C16H21ClO4. The van der Waals surface area contributed by atoms with Gasteiger partial charge in [-0.25, -0.2) is 0 Å². The van der Waals surface area contributed by atoms with Crippen LogP contribution in [0.25, 0.3) is 0 Å². The predicted molar refractivity (Wildman–Crippen MR) is 79.9 cm³/mol. The molecule has 0 heterocycles. The summed E-state index contributed by atoms with van der Waals surface area (Å²) < 4.78 is 10.6. The van der Waals surface area contributed by atoms with Crippen molar-refractivity contribution in [1.29, 1.82) is 0 Å². The molecule has 1 aliphatic rings. The number of ether oxygens (including phenoxy) is 2. The molecule has 1 fully saturated rings.